The van der Waals surface area contributed by atoms with E-state index in [1.807, 2.05) is 5.32 Å². The second-order valence-electron chi connectivity index (χ2n) is 7.04. The van der Waals surface area contributed by atoms with E-state index in [0.29, 0.717) is 5.56 Å². The first-order chi connectivity index (χ1) is 13.4. The number of rotatable bonds is 10. The van der Waals surface area contributed by atoms with Gasteiger partial charge in [0.15, 0.2) is 0 Å². The largest absolute Gasteiger partial charge is 0.467 e. The lowest BCUT2D eigenvalue weighted by Crippen LogP contribution is -2.55. The quantitative estimate of drug-likeness (QED) is 0.448. The summed E-state index contributed by atoms with van der Waals surface area (Å²) in [7, 11) is 1.13. The molecule has 0 radical (unpaired) electrons. The minimum Gasteiger partial charge on any atom is -0.467 e. The van der Waals surface area contributed by atoms with Gasteiger partial charge in [0.2, 0.25) is 5.91 Å². The van der Waals surface area contributed by atoms with Gasteiger partial charge in [-0.2, -0.15) is 22.0 Å². The van der Waals surface area contributed by atoms with E-state index in [4.69, 9.17) is 0 Å². The number of hydrogen-bond acceptors (Lipinski definition) is 4. The van der Waals surface area contributed by atoms with Gasteiger partial charge in [-0.05, 0) is 24.3 Å². The van der Waals surface area contributed by atoms with E-state index in [-0.39, 0.29) is 18.8 Å². The third kappa shape index (κ3) is 7.96. The molecule has 1 aromatic carbocycles. The molecule has 1 rings (SSSR count). The Morgan fingerprint density at radius 2 is 1.62 bits per heavy atom. The molecule has 10 heteroatoms. The molecule has 0 aliphatic carbocycles. The maximum atomic E-state index is 13.3. The Labute approximate surface area is 166 Å². The summed E-state index contributed by atoms with van der Waals surface area (Å²) in [4.78, 5) is 24.5. The molecule has 2 atom stereocenters. The number of ether oxygens (including phenoxy) is 1. The van der Waals surface area contributed by atoms with Gasteiger partial charge >= 0.3 is 18.1 Å². The summed E-state index contributed by atoms with van der Waals surface area (Å²) in [5.41, 5.74) is 0.550. The second kappa shape index (κ2) is 10.5. The molecular weight excluding hydrogens is 399 g/mol. The summed E-state index contributed by atoms with van der Waals surface area (Å²) >= 11 is 0. The van der Waals surface area contributed by atoms with Crippen LogP contribution < -0.4 is 10.6 Å². The van der Waals surface area contributed by atoms with Crippen LogP contribution in [-0.4, -0.2) is 49.7 Å². The van der Waals surface area contributed by atoms with E-state index in [1.54, 1.807) is 44.2 Å². The smallest absolute Gasteiger partial charge is 0.454 e. The van der Waals surface area contributed by atoms with Crippen LogP contribution in [0.3, 0.4) is 0 Å². The Morgan fingerprint density at radius 3 is 2.10 bits per heavy atom. The SMILES string of the molecule is COC(=O)[C@H](CC(C)C)NC(=O)[C@H](Cc1ccccc1)NCC(F)(F)C(F)(F)F. The van der Waals surface area contributed by atoms with E-state index in [0.717, 1.165) is 7.11 Å². The summed E-state index contributed by atoms with van der Waals surface area (Å²) in [5.74, 6) is -6.62. The maximum Gasteiger partial charge on any atom is 0.454 e. The number of methoxy groups -OCH3 is 1. The van der Waals surface area contributed by atoms with Gasteiger partial charge in [-0.15, -0.1) is 0 Å². The number of carbonyl (C=O) groups is 2. The molecule has 0 saturated heterocycles. The first-order valence-electron chi connectivity index (χ1n) is 8.97. The fourth-order valence-electron chi connectivity index (χ4n) is 2.56. The van der Waals surface area contributed by atoms with Crippen LogP contribution in [-0.2, 0) is 20.7 Å². The van der Waals surface area contributed by atoms with Gasteiger partial charge in [-0.25, -0.2) is 4.79 Å². The Kier molecular flexibility index (Phi) is 9.00. The standard InChI is InChI=1S/C19H25F5N2O3/c1-12(2)9-15(17(28)29-3)26-16(27)14(10-13-7-5-4-6-8-13)25-11-18(20,21)19(22,23)24/h4-8,12,14-15,25H,9-11H2,1-3H3,(H,26,27)/t14-,15-/m0/s1. The van der Waals surface area contributed by atoms with Gasteiger partial charge in [-0.3, -0.25) is 10.1 Å². The predicted octanol–water partition coefficient (Wildman–Crippen LogP) is 3.09. The second-order valence-corrected chi connectivity index (χ2v) is 7.04. The number of esters is 1. The molecule has 5 nitrogen and oxygen atoms in total. The molecule has 0 aromatic heterocycles. The van der Waals surface area contributed by atoms with Gasteiger partial charge in [0.1, 0.15) is 6.04 Å². The van der Waals surface area contributed by atoms with Crippen LogP contribution in [0.15, 0.2) is 30.3 Å². The highest BCUT2D eigenvalue weighted by atomic mass is 19.4. The van der Waals surface area contributed by atoms with Crippen LogP contribution in [0.5, 0.6) is 0 Å². The minimum absolute atomic E-state index is 0.00510. The van der Waals surface area contributed by atoms with Gasteiger partial charge in [-0.1, -0.05) is 44.2 Å². The highest BCUT2D eigenvalue weighted by Crippen LogP contribution is 2.34. The van der Waals surface area contributed by atoms with Crippen LogP contribution in [0, 0.1) is 5.92 Å². The Morgan fingerprint density at radius 1 is 1.03 bits per heavy atom. The number of benzene rings is 1. The van der Waals surface area contributed by atoms with Crippen LogP contribution in [0.1, 0.15) is 25.8 Å². The lowest BCUT2D eigenvalue weighted by Gasteiger charge is -2.26. The van der Waals surface area contributed by atoms with Crippen LogP contribution in [0.4, 0.5) is 22.0 Å². The zero-order chi connectivity index (χ0) is 22.2. The molecule has 1 aromatic rings. The normalized spacial score (nSPS) is 14.4. The third-order valence-corrected chi connectivity index (χ3v) is 4.09. The Balaban J connectivity index is 2.99. The van der Waals surface area contributed by atoms with E-state index >= 15 is 0 Å². The first-order valence-corrected chi connectivity index (χ1v) is 8.97. The Bertz CT molecular complexity index is 666. The van der Waals surface area contributed by atoms with Crippen LogP contribution in [0.2, 0.25) is 0 Å². The fourth-order valence-corrected chi connectivity index (χ4v) is 2.56. The van der Waals surface area contributed by atoms with Crippen molar-refractivity contribution in [2.75, 3.05) is 13.7 Å². The van der Waals surface area contributed by atoms with Crippen molar-refractivity contribution in [3.8, 4) is 0 Å². The van der Waals surface area contributed by atoms with Crippen molar-refractivity contribution in [1.29, 1.82) is 0 Å². The summed E-state index contributed by atoms with van der Waals surface area (Å²) in [6, 6.07) is 5.74. The molecule has 0 fully saturated rings. The maximum absolute atomic E-state index is 13.3. The molecule has 29 heavy (non-hydrogen) atoms. The Hall–Kier alpha value is -2.23. The monoisotopic (exact) mass is 424 g/mol. The number of carbonyl (C=O) groups excluding carboxylic acids is 2. The van der Waals surface area contributed by atoms with Crippen LogP contribution in [0.25, 0.3) is 0 Å². The molecule has 0 aliphatic rings. The molecule has 2 N–H and O–H groups in total. The zero-order valence-electron chi connectivity index (χ0n) is 16.4. The molecule has 164 valence electrons. The molecule has 0 saturated carbocycles. The van der Waals surface area contributed by atoms with Crippen molar-refractivity contribution in [2.45, 2.75) is 50.9 Å². The van der Waals surface area contributed by atoms with E-state index in [9.17, 15) is 31.5 Å². The third-order valence-electron chi connectivity index (χ3n) is 4.09. The van der Waals surface area contributed by atoms with Crippen molar-refractivity contribution in [3.63, 3.8) is 0 Å². The van der Waals surface area contributed by atoms with E-state index < -0.39 is 42.6 Å². The van der Waals surface area contributed by atoms with Crippen LogP contribution >= 0.6 is 0 Å². The summed E-state index contributed by atoms with van der Waals surface area (Å²) in [5, 5.41) is 4.39. The fraction of sp³-hybridized carbons (Fsp3) is 0.579. The lowest BCUT2D eigenvalue weighted by molar-refractivity contribution is -0.279. The van der Waals surface area contributed by atoms with Crippen molar-refractivity contribution >= 4 is 11.9 Å². The molecule has 0 aliphatic heterocycles. The zero-order valence-corrected chi connectivity index (χ0v) is 16.4. The topological polar surface area (TPSA) is 67.4 Å². The van der Waals surface area contributed by atoms with E-state index in [1.165, 1.54) is 0 Å². The number of nitrogens with one attached hydrogen (secondary N) is 2. The van der Waals surface area contributed by atoms with Crippen molar-refractivity contribution in [2.24, 2.45) is 5.92 Å². The highest BCUT2D eigenvalue weighted by molar-refractivity contribution is 5.87. The van der Waals surface area contributed by atoms with Gasteiger partial charge in [0.05, 0.1) is 19.7 Å². The predicted molar refractivity (Wildman–Crippen MR) is 96.3 cm³/mol. The minimum atomic E-state index is -5.75. The molecule has 0 spiro atoms. The molecule has 1 amide bonds. The first kappa shape index (κ1) is 24.8. The average Bonchev–Trinajstić information content (AvgIpc) is 2.63. The van der Waals surface area contributed by atoms with Crippen molar-refractivity contribution < 1.29 is 36.3 Å². The van der Waals surface area contributed by atoms with Gasteiger partial charge < -0.3 is 10.1 Å². The van der Waals surface area contributed by atoms with E-state index in [2.05, 4.69) is 10.1 Å². The lowest BCUT2D eigenvalue weighted by atomic mass is 10.0. The molecule has 0 heterocycles. The highest BCUT2D eigenvalue weighted by Gasteiger charge is 2.57. The molecular formula is C19H25F5N2O3. The molecule has 0 bridgehead atoms. The summed E-state index contributed by atoms with van der Waals surface area (Å²) in [6.07, 6.45) is -5.68. The number of amides is 1. The van der Waals surface area contributed by atoms with Crippen molar-refractivity contribution in [3.05, 3.63) is 35.9 Å². The van der Waals surface area contributed by atoms with Crippen molar-refractivity contribution in [1.82, 2.24) is 10.6 Å². The summed E-state index contributed by atoms with van der Waals surface area (Å²) in [6.45, 7) is 1.83. The number of halogens is 5. The van der Waals surface area contributed by atoms with Gasteiger partial charge in [0, 0.05) is 0 Å². The van der Waals surface area contributed by atoms with Gasteiger partial charge in [0.25, 0.3) is 0 Å². The number of hydrogen-bond donors (Lipinski definition) is 2. The molecule has 0 unspecified atom stereocenters. The number of alkyl halides is 5. The average molecular weight is 424 g/mol. The summed E-state index contributed by atoms with van der Waals surface area (Å²) < 4.78 is 68.7.